The van der Waals surface area contributed by atoms with Crippen molar-refractivity contribution in [3.05, 3.63) is 0 Å². The second-order valence-electron chi connectivity index (χ2n) is 5.45. The number of nitrogens with one attached hydrogen (secondary N) is 1. The average Bonchev–Trinajstić information content (AvgIpc) is 2.14. The Hall–Kier alpha value is -1.10. The second-order valence-corrected chi connectivity index (χ2v) is 5.45. The summed E-state index contributed by atoms with van der Waals surface area (Å²) in [6, 6.07) is -0.544. The molecule has 0 saturated carbocycles. The standard InChI is InChI=1S/C12H24N2O3/c1-5-8(6-11(16)17)14-10(15)7-9(13)12(2,3)4/h8-9H,5-7,13H2,1-4H3,(H,14,15)(H,16,17). The molecule has 17 heavy (non-hydrogen) atoms. The van der Waals surface area contributed by atoms with Crippen LogP contribution in [0.25, 0.3) is 0 Å². The third kappa shape index (κ3) is 6.94. The zero-order valence-corrected chi connectivity index (χ0v) is 11.1. The molecule has 0 bridgehead atoms. The highest BCUT2D eigenvalue weighted by Gasteiger charge is 2.24. The van der Waals surface area contributed by atoms with Crippen molar-refractivity contribution in [1.29, 1.82) is 0 Å². The summed E-state index contributed by atoms with van der Waals surface area (Å²) in [5.41, 5.74) is 5.76. The molecule has 0 spiro atoms. The first-order chi connectivity index (χ1) is 7.66. The highest BCUT2D eigenvalue weighted by atomic mass is 16.4. The maximum Gasteiger partial charge on any atom is 0.305 e. The minimum Gasteiger partial charge on any atom is -0.481 e. The van der Waals surface area contributed by atoms with Crippen LogP contribution in [-0.4, -0.2) is 29.1 Å². The maximum absolute atomic E-state index is 11.7. The summed E-state index contributed by atoms with van der Waals surface area (Å²) in [4.78, 5) is 22.2. The van der Waals surface area contributed by atoms with Gasteiger partial charge in [-0.25, -0.2) is 0 Å². The van der Waals surface area contributed by atoms with Crippen LogP contribution in [0.4, 0.5) is 0 Å². The number of amides is 1. The van der Waals surface area contributed by atoms with Gasteiger partial charge in [-0.05, 0) is 11.8 Å². The van der Waals surface area contributed by atoms with Crippen molar-refractivity contribution in [2.45, 2.75) is 59.0 Å². The smallest absolute Gasteiger partial charge is 0.305 e. The van der Waals surface area contributed by atoms with Crippen molar-refractivity contribution in [3.8, 4) is 0 Å². The monoisotopic (exact) mass is 244 g/mol. The van der Waals surface area contributed by atoms with E-state index in [9.17, 15) is 9.59 Å². The Morgan fingerprint density at radius 1 is 1.29 bits per heavy atom. The molecule has 5 heteroatoms. The number of carboxylic acids is 1. The Kier molecular flexibility index (Phi) is 6.16. The summed E-state index contributed by atoms with van der Waals surface area (Å²) < 4.78 is 0. The Morgan fingerprint density at radius 3 is 2.18 bits per heavy atom. The number of carbonyl (C=O) groups is 2. The molecule has 0 aliphatic rings. The summed E-state index contributed by atoms with van der Waals surface area (Å²) >= 11 is 0. The van der Waals surface area contributed by atoms with Gasteiger partial charge < -0.3 is 16.2 Å². The van der Waals surface area contributed by atoms with E-state index in [0.717, 1.165) is 0 Å². The molecule has 0 radical (unpaired) electrons. The van der Waals surface area contributed by atoms with Crippen LogP contribution in [-0.2, 0) is 9.59 Å². The largest absolute Gasteiger partial charge is 0.481 e. The van der Waals surface area contributed by atoms with Gasteiger partial charge in [0.15, 0.2) is 0 Å². The Bertz CT molecular complexity index is 271. The van der Waals surface area contributed by atoms with E-state index >= 15 is 0 Å². The van der Waals surface area contributed by atoms with Crippen molar-refractivity contribution in [2.75, 3.05) is 0 Å². The molecule has 0 aromatic carbocycles. The van der Waals surface area contributed by atoms with Crippen LogP contribution >= 0.6 is 0 Å². The average molecular weight is 244 g/mol. The number of carbonyl (C=O) groups excluding carboxylic acids is 1. The molecule has 0 aliphatic heterocycles. The fraction of sp³-hybridized carbons (Fsp3) is 0.833. The molecule has 0 aromatic rings. The van der Waals surface area contributed by atoms with Gasteiger partial charge in [0.1, 0.15) is 0 Å². The van der Waals surface area contributed by atoms with Gasteiger partial charge >= 0.3 is 5.97 Å². The van der Waals surface area contributed by atoms with Crippen LogP contribution in [0.3, 0.4) is 0 Å². The predicted octanol–water partition coefficient (Wildman–Crippen LogP) is 1.12. The van der Waals surface area contributed by atoms with E-state index in [4.69, 9.17) is 10.8 Å². The Labute approximate surface area is 103 Å². The van der Waals surface area contributed by atoms with E-state index < -0.39 is 5.97 Å². The molecule has 2 unspecified atom stereocenters. The third-order valence-electron chi connectivity index (χ3n) is 2.80. The third-order valence-corrected chi connectivity index (χ3v) is 2.80. The van der Waals surface area contributed by atoms with Gasteiger partial charge in [0.2, 0.25) is 5.91 Å². The predicted molar refractivity (Wildman–Crippen MR) is 66.5 cm³/mol. The van der Waals surface area contributed by atoms with Gasteiger partial charge in [0.25, 0.3) is 0 Å². The number of hydrogen-bond acceptors (Lipinski definition) is 3. The van der Waals surface area contributed by atoms with E-state index in [1.165, 1.54) is 0 Å². The molecule has 1 amide bonds. The van der Waals surface area contributed by atoms with E-state index in [1.54, 1.807) is 0 Å². The van der Waals surface area contributed by atoms with Crippen LogP contribution in [0.5, 0.6) is 0 Å². The maximum atomic E-state index is 11.7. The van der Waals surface area contributed by atoms with Gasteiger partial charge in [-0.15, -0.1) is 0 Å². The molecule has 0 heterocycles. The number of carboxylic acid groups (broad SMARTS) is 1. The molecular weight excluding hydrogens is 220 g/mol. The lowest BCUT2D eigenvalue weighted by Gasteiger charge is -2.27. The summed E-state index contributed by atoms with van der Waals surface area (Å²) in [5, 5.41) is 11.4. The summed E-state index contributed by atoms with van der Waals surface area (Å²) in [7, 11) is 0. The zero-order chi connectivity index (χ0) is 13.6. The molecule has 0 aliphatic carbocycles. The molecule has 100 valence electrons. The fourth-order valence-corrected chi connectivity index (χ4v) is 1.30. The van der Waals surface area contributed by atoms with Gasteiger partial charge in [0, 0.05) is 18.5 Å². The minimum atomic E-state index is -0.905. The van der Waals surface area contributed by atoms with Crippen molar-refractivity contribution in [1.82, 2.24) is 5.32 Å². The summed E-state index contributed by atoms with van der Waals surface area (Å²) in [6.45, 7) is 7.76. The van der Waals surface area contributed by atoms with Crippen LogP contribution in [0.1, 0.15) is 47.0 Å². The lowest BCUT2D eigenvalue weighted by molar-refractivity contribution is -0.137. The second kappa shape index (κ2) is 6.59. The molecular formula is C12H24N2O3. The zero-order valence-electron chi connectivity index (χ0n) is 11.1. The topological polar surface area (TPSA) is 92.4 Å². The van der Waals surface area contributed by atoms with Gasteiger partial charge in [-0.2, -0.15) is 0 Å². The highest BCUT2D eigenvalue weighted by Crippen LogP contribution is 2.19. The summed E-state index contributed by atoms with van der Waals surface area (Å²) in [5.74, 6) is -1.09. The molecule has 2 atom stereocenters. The molecule has 0 rings (SSSR count). The van der Waals surface area contributed by atoms with Crippen LogP contribution < -0.4 is 11.1 Å². The van der Waals surface area contributed by atoms with Crippen molar-refractivity contribution in [3.63, 3.8) is 0 Å². The van der Waals surface area contributed by atoms with E-state index in [0.29, 0.717) is 6.42 Å². The molecule has 5 nitrogen and oxygen atoms in total. The molecule has 0 aromatic heterocycles. The number of rotatable bonds is 6. The van der Waals surface area contributed by atoms with E-state index in [1.807, 2.05) is 27.7 Å². The highest BCUT2D eigenvalue weighted by molar-refractivity contribution is 5.78. The van der Waals surface area contributed by atoms with E-state index in [-0.39, 0.29) is 36.2 Å². The van der Waals surface area contributed by atoms with Crippen LogP contribution in [0.2, 0.25) is 0 Å². The normalized spacial score (nSPS) is 15.1. The molecule has 0 fully saturated rings. The van der Waals surface area contributed by atoms with Crippen molar-refractivity contribution < 1.29 is 14.7 Å². The fourth-order valence-electron chi connectivity index (χ4n) is 1.30. The quantitative estimate of drug-likeness (QED) is 0.652. The number of hydrogen-bond donors (Lipinski definition) is 3. The Morgan fingerprint density at radius 2 is 1.82 bits per heavy atom. The van der Waals surface area contributed by atoms with Crippen LogP contribution in [0.15, 0.2) is 0 Å². The SMILES string of the molecule is CCC(CC(=O)O)NC(=O)CC(N)C(C)(C)C. The van der Waals surface area contributed by atoms with Crippen LogP contribution in [0, 0.1) is 5.41 Å². The van der Waals surface area contributed by atoms with Gasteiger partial charge in [-0.1, -0.05) is 27.7 Å². The van der Waals surface area contributed by atoms with Gasteiger partial charge in [-0.3, -0.25) is 9.59 Å². The first kappa shape index (κ1) is 15.9. The van der Waals surface area contributed by atoms with Crippen molar-refractivity contribution in [2.24, 2.45) is 11.1 Å². The van der Waals surface area contributed by atoms with Crippen molar-refractivity contribution >= 4 is 11.9 Å². The van der Waals surface area contributed by atoms with E-state index in [2.05, 4.69) is 5.32 Å². The lowest BCUT2D eigenvalue weighted by Crippen LogP contribution is -2.43. The number of nitrogens with two attached hydrogens (primary N) is 1. The Balaban J connectivity index is 4.20. The summed E-state index contributed by atoms with van der Waals surface area (Å²) in [6.07, 6.45) is 0.773. The number of aliphatic carboxylic acids is 1. The molecule has 0 saturated heterocycles. The minimum absolute atomic E-state index is 0.0486. The first-order valence-corrected chi connectivity index (χ1v) is 5.93. The van der Waals surface area contributed by atoms with Gasteiger partial charge in [0.05, 0.1) is 6.42 Å². The lowest BCUT2D eigenvalue weighted by atomic mass is 9.85. The molecule has 4 N–H and O–H groups in total. The first-order valence-electron chi connectivity index (χ1n) is 5.93.